The number of phenols is 1. The number of aromatic hydroxyl groups is 1. The van der Waals surface area contributed by atoms with Crippen LogP contribution in [0.4, 0.5) is 18.9 Å². The van der Waals surface area contributed by atoms with Gasteiger partial charge in [0.25, 0.3) is 5.56 Å². The van der Waals surface area contributed by atoms with E-state index in [0.29, 0.717) is 22.2 Å². The van der Waals surface area contributed by atoms with E-state index in [1.807, 2.05) is 6.07 Å². The van der Waals surface area contributed by atoms with Gasteiger partial charge in [0.1, 0.15) is 5.75 Å². The fourth-order valence-electron chi connectivity index (χ4n) is 5.65. The number of pyridine rings is 1. The van der Waals surface area contributed by atoms with Crippen LogP contribution >= 0.6 is 11.6 Å². The highest BCUT2D eigenvalue weighted by atomic mass is 35.5. The number of anilines is 1. The minimum absolute atomic E-state index is 0.00759. The van der Waals surface area contributed by atoms with Gasteiger partial charge in [-0.2, -0.15) is 18.4 Å². The van der Waals surface area contributed by atoms with Crippen molar-refractivity contribution < 1.29 is 23.4 Å². The number of nitrogens with one attached hydrogen (secondary N) is 1. The summed E-state index contributed by atoms with van der Waals surface area (Å²) < 4.78 is 45.1. The van der Waals surface area contributed by atoms with Crippen LogP contribution in [-0.4, -0.2) is 26.6 Å². The first kappa shape index (κ1) is 26.6. The first-order chi connectivity index (χ1) is 18.3. The molecule has 1 aromatic heterocycles. The second-order valence-corrected chi connectivity index (χ2v) is 10.7. The lowest BCUT2D eigenvalue weighted by Crippen LogP contribution is -2.58. The Balaban J connectivity index is 1.74. The summed E-state index contributed by atoms with van der Waals surface area (Å²) >= 11 is 6.12. The molecule has 3 N–H and O–H groups in total. The quantitative estimate of drug-likeness (QED) is 0.275. The fourth-order valence-corrected chi connectivity index (χ4v) is 5.81. The second kappa shape index (κ2) is 9.04. The van der Waals surface area contributed by atoms with Crippen molar-refractivity contribution in [2.24, 2.45) is 0 Å². The van der Waals surface area contributed by atoms with Crippen molar-refractivity contribution in [3.63, 3.8) is 0 Å². The summed E-state index contributed by atoms with van der Waals surface area (Å²) in [5.74, 6) is -0.334. The van der Waals surface area contributed by atoms with Crippen LogP contribution in [0.1, 0.15) is 43.0 Å². The first-order valence-corrected chi connectivity index (χ1v) is 12.4. The van der Waals surface area contributed by atoms with Crippen LogP contribution in [0.2, 0.25) is 5.02 Å². The molecule has 39 heavy (non-hydrogen) atoms. The SMILES string of the molecule is CC1(C)CC(O)(C(F)(F)F)C(Nc2cccc3c2ccc(=O)n3-c2cccc(C#N)c2)c2ccc(Cl)c(O)c21. The maximum absolute atomic E-state index is 14.6. The molecule has 0 aliphatic heterocycles. The number of halogens is 4. The van der Waals surface area contributed by atoms with Crippen LogP contribution < -0.4 is 10.9 Å². The number of aromatic nitrogens is 1. The highest BCUT2D eigenvalue weighted by Gasteiger charge is 2.64. The summed E-state index contributed by atoms with van der Waals surface area (Å²) in [6.45, 7) is 3.03. The molecule has 10 heteroatoms. The third kappa shape index (κ3) is 4.20. The van der Waals surface area contributed by atoms with Gasteiger partial charge in [-0.15, -0.1) is 0 Å². The summed E-state index contributed by atoms with van der Waals surface area (Å²) in [4.78, 5) is 12.9. The normalized spacial score (nSPS) is 20.3. The molecule has 0 saturated carbocycles. The van der Waals surface area contributed by atoms with Gasteiger partial charge in [0, 0.05) is 22.7 Å². The number of aliphatic hydroxyl groups is 1. The molecule has 0 saturated heterocycles. The number of benzene rings is 3. The van der Waals surface area contributed by atoms with Crippen molar-refractivity contribution in [3.05, 3.63) is 98.8 Å². The van der Waals surface area contributed by atoms with Gasteiger partial charge in [0.15, 0.2) is 5.60 Å². The van der Waals surface area contributed by atoms with Crippen LogP contribution in [0.15, 0.2) is 71.5 Å². The van der Waals surface area contributed by atoms with E-state index < -0.39 is 35.2 Å². The zero-order chi connectivity index (χ0) is 28.3. The van der Waals surface area contributed by atoms with Gasteiger partial charge in [0.2, 0.25) is 0 Å². The summed E-state index contributed by atoms with van der Waals surface area (Å²) in [5.41, 5.74) is -3.24. The van der Waals surface area contributed by atoms with Crippen molar-refractivity contribution in [3.8, 4) is 17.5 Å². The molecule has 1 aliphatic carbocycles. The van der Waals surface area contributed by atoms with Gasteiger partial charge in [-0.1, -0.05) is 43.6 Å². The van der Waals surface area contributed by atoms with Gasteiger partial charge in [-0.05, 0) is 59.9 Å². The van der Waals surface area contributed by atoms with Crippen LogP contribution in [-0.2, 0) is 5.41 Å². The van der Waals surface area contributed by atoms with Crippen molar-refractivity contribution in [1.29, 1.82) is 5.26 Å². The number of nitrogens with zero attached hydrogens (tertiary/aromatic N) is 2. The fraction of sp³-hybridized carbons (Fsp3) is 0.241. The predicted octanol–water partition coefficient (Wildman–Crippen LogP) is 6.35. The molecule has 200 valence electrons. The predicted molar refractivity (Wildman–Crippen MR) is 142 cm³/mol. The van der Waals surface area contributed by atoms with Gasteiger partial charge in [-0.25, -0.2) is 0 Å². The monoisotopic (exact) mass is 553 g/mol. The Bertz CT molecular complexity index is 1730. The number of hydrogen-bond acceptors (Lipinski definition) is 5. The van der Waals surface area contributed by atoms with Gasteiger partial charge in [0.05, 0.1) is 33.9 Å². The molecule has 4 aromatic rings. The summed E-state index contributed by atoms with van der Waals surface area (Å²) in [6.07, 6.45) is -5.77. The number of alkyl halides is 3. The lowest BCUT2D eigenvalue weighted by Gasteiger charge is -2.49. The number of hydrogen-bond donors (Lipinski definition) is 3. The van der Waals surface area contributed by atoms with Gasteiger partial charge in [-0.3, -0.25) is 9.36 Å². The van der Waals surface area contributed by atoms with E-state index in [9.17, 15) is 33.4 Å². The number of phenolic OH excluding ortho intramolecular Hbond substituents is 1. The molecule has 0 fully saturated rings. The van der Waals surface area contributed by atoms with Crippen LogP contribution in [0, 0.1) is 11.3 Å². The molecule has 0 radical (unpaired) electrons. The van der Waals surface area contributed by atoms with Crippen LogP contribution in [0.5, 0.6) is 5.75 Å². The molecule has 0 spiro atoms. The zero-order valence-electron chi connectivity index (χ0n) is 20.8. The van der Waals surface area contributed by atoms with Crippen molar-refractivity contribution >= 4 is 28.2 Å². The van der Waals surface area contributed by atoms with E-state index in [1.54, 1.807) is 36.4 Å². The Hall–Kier alpha value is -4.00. The number of nitriles is 1. The lowest BCUT2D eigenvalue weighted by molar-refractivity contribution is -0.275. The number of fused-ring (bicyclic) bond motifs is 2. The summed E-state index contributed by atoms with van der Waals surface area (Å²) in [6, 6.07) is 16.9. The standard InChI is InChI=1S/C29H23ClF3N3O3/c1-27(2)15-28(39,29(31,32)33)26(19-9-11-20(30)25(38)24(19)27)35-21-7-4-8-22-18(21)10-12-23(37)36(22)17-6-3-5-16(13-17)14-34/h3-13,26,35,38-39H,15H2,1-2H3. The Labute approximate surface area is 226 Å². The highest BCUT2D eigenvalue weighted by Crippen LogP contribution is 2.57. The molecule has 1 aliphatic rings. The molecule has 3 aromatic carbocycles. The topological polar surface area (TPSA) is 98.3 Å². The second-order valence-electron chi connectivity index (χ2n) is 10.3. The van der Waals surface area contributed by atoms with E-state index in [-0.39, 0.29) is 27.6 Å². The first-order valence-electron chi connectivity index (χ1n) is 12.0. The molecule has 0 amide bonds. The molecular formula is C29H23ClF3N3O3. The van der Waals surface area contributed by atoms with E-state index >= 15 is 0 Å². The summed E-state index contributed by atoms with van der Waals surface area (Å²) in [5, 5.41) is 34.6. The van der Waals surface area contributed by atoms with Gasteiger partial charge < -0.3 is 15.5 Å². The largest absolute Gasteiger partial charge is 0.506 e. The third-order valence-corrected chi connectivity index (χ3v) is 7.60. The minimum Gasteiger partial charge on any atom is -0.506 e. The van der Waals surface area contributed by atoms with Crippen LogP contribution in [0.3, 0.4) is 0 Å². The molecule has 2 atom stereocenters. The Morgan fingerprint density at radius 2 is 1.82 bits per heavy atom. The van der Waals surface area contributed by atoms with E-state index in [0.717, 1.165) is 0 Å². The molecule has 6 nitrogen and oxygen atoms in total. The molecule has 5 rings (SSSR count). The Morgan fingerprint density at radius 3 is 2.51 bits per heavy atom. The van der Waals surface area contributed by atoms with Crippen molar-refractivity contribution in [2.75, 3.05) is 5.32 Å². The Kier molecular flexibility index (Phi) is 6.17. The van der Waals surface area contributed by atoms with E-state index in [4.69, 9.17) is 11.6 Å². The third-order valence-electron chi connectivity index (χ3n) is 7.30. The lowest BCUT2D eigenvalue weighted by atomic mass is 9.63. The smallest absolute Gasteiger partial charge is 0.419 e. The maximum Gasteiger partial charge on any atom is 0.419 e. The van der Waals surface area contributed by atoms with E-state index in [2.05, 4.69) is 5.32 Å². The van der Waals surface area contributed by atoms with Crippen molar-refractivity contribution in [2.45, 2.75) is 43.5 Å². The average molecular weight is 554 g/mol. The van der Waals surface area contributed by atoms with Crippen molar-refractivity contribution in [1.82, 2.24) is 4.57 Å². The zero-order valence-corrected chi connectivity index (χ0v) is 21.6. The number of rotatable bonds is 3. The van der Waals surface area contributed by atoms with E-state index in [1.165, 1.54) is 48.7 Å². The summed E-state index contributed by atoms with van der Waals surface area (Å²) in [7, 11) is 0. The van der Waals surface area contributed by atoms with Crippen LogP contribution in [0.25, 0.3) is 16.6 Å². The molecule has 0 bridgehead atoms. The average Bonchev–Trinajstić information content (AvgIpc) is 2.87. The highest BCUT2D eigenvalue weighted by molar-refractivity contribution is 6.32. The van der Waals surface area contributed by atoms with Gasteiger partial charge >= 0.3 is 6.18 Å². The molecule has 2 unspecified atom stereocenters. The molecule has 1 heterocycles. The minimum atomic E-state index is -5.03. The maximum atomic E-state index is 14.6. The molecular weight excluding hydrogens is 531 g/mol. The Morgan fingerprint density at radius 1 is 1.10 bits per heavy atom.